The molecule has 0 saturated heterocycles. The Balaban J connectivity index is 2.61. The summed E-state index contributed by atoms with van der Waals surface area (Å²) < 4.78 is 0. The Hall–Kier alpha value is -1.48. The fourth-order valence-corrected chi connectivity index (χ4v) is 0.960. The maximum atomic E-state index is 3.16. The third-order valence-electron chi connectivity index (χ3n) is 1.61. The highest BCUT2D eigenvalue weighted by Crippen LogP contribution is 2.09. The van der Waals surface area contributed by atoms with Gasteiger partial charge in [0.2, 0.25) is 0 Å². The lowest BCUT2D eigenvalue weighted by atomic mass is 9.98. The molecule has 0 heterocycles. The maximum Gasteiger partial charge on any atom is 0.0233 e. The van der Waals surface area contributed by atoms with Gasteiger partial charge in [-0.1, -0.05) is 42.2 Å². The molecule has 0 saturated carbocycles. The van der Waals surface area contributed by atoms with Crippen LogP contribution < -0.4 is 0 Å². The van der Waals surface area contributed by atoms with E-state index in [0.29, 0.717) is 0 Å². The van der Waals surface area contributed by atoms with E-state index in [-0.39, 0.29) is 5.41 Å². The van der Waals surface area contributed by atoms with Crippen molar-refractivity contribution in [3.8, 4) is 11.8 Å². The zero-order valence-corrected chi connectivity index (χ0v) is 9.04. The van der Waals surface area contributed by atoms with Gasteiger partial charge >= 0.3 is 0 Å². The average molecular weight is 184 g/mol. The van der Waals surface area contributed by atoms with Crippen LogP contribution in [0.25, 0.3) is 6.08 Å². The Morgan fingerprint density at radius 1 is 1.07 bits per heavy atom. The second-order valence-corrected chi connectivity index (χ2v) is 4.26. The van der Waals surface area contributed by atoms with Gasteiger partial charge in [-0.25, -0.2) is 0 Å². The van der Waals surface area contributed by atoms with E-state index in [1.165, 1.54) is 5.56 Å². The molecule has 0 bridgehead atoms. The minimum Gasteiger partial charge on any atom is -0.0926 e. The second-order valence-electron chi connectivity index (χ2n) is 4.26. The van der Waals surface area contributed by atoms with Gasteiger partial charge in [0.1, 0.15) is 0 Å². The third kappa shape index (κ3) is 4.52. The van der Waals surface area contributed by atoms with Crippen molar-refractivity contribution in [3.63, 3.8) is 0 Å². The summed E-state index contributed by atoms with van der Waals surface area (Å²) in [5.74, 6) is 6.20. The predicted octanol–water partition coefficient (Wildman–Crippen LogP) is 3.75. The summed E-state index contributed by atoms with van der Waals surface area (Å²) in [6, 6.07) is 10.2. The van der Waals surface area contributed by atoms with Crippen LogP contribution >= 0.6 is 0 Å². The highest BCUT2D eigenvalue weighted by atomic mass is 14.0. The smallest absolute Gasteiger partial charge is 0.0233 e. The number of hydrogen-bond acceptors (Lipinski definition) is 0. The highest BCUT2D eigenvalue weighted by molar-refractivity contribution is 5.52. The molecule has 0 aromatic heterocycles. The Labute approximate surface area is 86.7 Å². The van der Waals surface area contributed by atoms with Gasteiger partial charge in [0.15, 0.2) is 0 Å². The summed E-state index contributed by atoms with van der Waals surface area (Å²) >= 11 is 0. The fraction of sp³-hybridized carbons (Fsp3) is 0.286. The van der Waals surface area contributed by atoms with E-state index in [4.69, 9.17) is 0 Å². The van der Waals surface area contributed by atoms with Crippen LogP contribution in [0.4, 0.5) is 0 Å². The van der Waals surface area contributed by atoms with Crippen molar-refractivity contribution in [1.82, 2.24) is 0 Å². The van der Waals surface area contributed by atoms with Crippen LogP contribution in [0.15, 0.2) is 36.4 Å². The van der Waals surface area contributed by atoms with Crippen molar-refractivity contribution in [3.05, 3.63) is 42.0 Å². The predicted molar refractivity (Wildman–Crippen MR) is 62.7 cm³/mol. The number of rotatable bonds is 1. The molecule has 0 unspecified atom stereocenters. The molecule has 0 nitrogen and oxygen atoms in total. The second kappa shape index (κ2) is 4.67. The molecule has 0 radical (unpaired) electrons. The van der Waals surface area contributed by atoms with E-state index in [9.17, 15) is 0 Å². The first-order valence-electron chi connectivity index (χ1n) is 4.82. The summed E-state index contributed by atoms with van der Waals surface area (Å²) in [6.07, 6.45) is 3.93. The van der Waals surface area contributed by atoms with Crippen molar-refractivity contribution in [1.29, 1.82) is 0 Å². The van der Waals surface area contributed by atoms with Crippen LogP contribution in [0.1, 0.15) is 26.3 Å². The van der Waals surface area contributed by atoms with E-state index < -0.39 is 0 Å². The van der Waals surface area contributed by atoms with Crippen LogP contribution in [-0.4, -0.2) is 0 Å². The molecule has 0 aliphatic rings. The summed E-state index contributed by atoms with van der Waals surface area (Å²) in [5.41, 5.74) is 1.27. The molecule has 0 amide bonds. The molecule has 72 valence electrons. The van der Waals surface area contributed by atoms with Crippen molar-refractivity contribution in [2.24, 2.45) is 5.41 Å². The van der Waals surface area contributed by atoms with E-state index >= 15 is 0 Å². The van der Waals surface area contributed by atoms with Gasteiger partial charge in [-0.15, -0.1) is 0 Å². The molecule has 0 spiro atoms. The molecule has 0 heteroatoms. The lowest BCUT2D eigenvalue weighted by Crippen LogP contribution is -1.98. The first-order valence-corrected chi connectivity index (χ1v) is 4.82. The highest BCUT2D eigenvalue weighted by Gasteiger charge is 2.02. The molecule has 1 aromatic carbocycles. The van der Waals surface area contributed by atoms with Gasteiger partial charge in [-0.3, -0.25) is 0 Å². The SMILES string of the molecule is CC(C)(C)C#C/C=C\c1ccccc1. The Bertz CT molecular complexity index is 353. The molecule has 0 fully saturated rings. The molecule has 0 aliphatic carbocycles. The number of hydrogen-bond donors (Lipinski definition) is 0. The summed E-state index contributed by atoms with van der Waals surface area (Å²) in [4.78, 5) is 0. The van der Waals surface area contributed by atoms with Gasteiger partial charge in [0.25, 0.3) is 0 Å². The monoisotopic (exact) mass is 184 g/mol. The van der Waals surface area contributed by atoms with Gasteiger partial charge in [-0.2, -0.15) is 0 Å². The van der Waals surface area contributed by atoms with Crippen LogP contribution in [0.5, 0.6) is 0 Å². The quantitative estimate of drug-likeness (QED) is 0.583. The van der Waals surface area contributed by atoms with Crippen molar-refractivity contribution >= 4 is 6.08 Å². The van der Waals surface area contributed by atoms with E-state index in [1.807, 2.05) is 30.4 Å². The first-order chi connectivity index (χ1) is 6.58. The van der Waals surface area contributed by atoms with Crippen LogP contribution in [0.2, 0.25) is 0 Å². The van der Waals surface area contributed by atoms with Gasteiger partial charge in [-0.05, 0) is 38.5 Å². The normalized spacial score (nSPS) is 11.1. The summed E-state index contributed by atoms with van der Waals surface area (Å²) in [7, 11) is 0. The van der Waals surface area contributed by atoms with Crippen molar-refractivity contribution in [2.75, 3.05) is 0 Å². The molecule has 14 heavy (non-hydrogen) atoms. The fourth-order valence-electron chi connectivity index (χ4n) is 0.960. The standard InChI is InChI=1S/C14H16/c1-14(2,3)12-8-7-11-13-9-5-4-6-10-13/h4-7,9-11H,1-3H3/b11-7-. The first kappa shape index (κ1) is 10.6. The molecule has 1 rings (SSSR count). The molecule has 1 aromatic rings. The van der Waals surface area contributed by atoms with E-state index in [2.05, 4.69) is 44.7 Å². The zero-order valence-electron chi connectivity index (χ0n) is 9.04. The minimum atomic E-state index is 0.0844. The number of allylic oxidation sites excluding steroid dienone is 1. The number of benzene rings is 1. The summed E-state index contributed by atoms with van der Waals surface area (Å²) in [5, 5.41) is 0. The topological polar surface area (TPSA) is 0 Å². The molecular formula is C14H16. The van der Waals surface area contributed by atoms with Gasteiger partial charge in [0, 0.05) is 5.41 Å². The largest absolute Gasteiger partial charge is 0.0926 e. The van der Waals surface area contributed by atoms with E-state index in [1.54, 1.807) is 0 Å². The minimum absolute atomic E-state index is 0.0844. The Morgan fingerprint density at radius 3 is 2.29 bits per heavy atom. The van der Waals surface area contributed by atoms with Crippen LogP contribution in [0, 0.1) is 17.3 Å². The Morgan fingerprint density at radius 2 is 1.71 bits per heavy atom. The molecular weight excluding hydrogens is 168 g/mol. The lowest BCUT2D eigenvalue weighted by molar-refractivity contribution is 0.571. The zero-order chi connectivity index (χ0) is 10.4. The molecule has 0 N–H and O–H groups in total. The van der Waals surface area contributed by atoms with Gasteiger partial charge in [0.05, 0.1) is 0 Å². The van der Waals surface area contributed by atoms with Crippen LogP contribution in [-0.2, 0) is 0 Å². The van der Waals surface area contributed by atoms with E-state index in [0.717, 1.165) is 0 Å². The lowest BCUT2D eigenvalue weighted by Gasteiger charge is -2.05. The Kier molecular flexibility index (Phi) is 3.54. The maximum absolute atomic E-state index is 3.16. The van der Waals surface area contributed by atoms with Crippen molar-refractivity contribution < 1.29 is 0 Å². The third-order valence-corrected chi connectivity index (χ3v) is 1.61. The average Bonchev–Trinajstić information content (AvgIpc) is 2.13. The van der Waals surface area contributed by atoms with Crippen LogP contribution in [0.3, 0.4) is 0 Å². The van der Waals surface area contributed by atoms with Gasteiger partial charge < -0.3 is 0 Å². The summed E-state index contributed by atoms with van der Waals surface area (Å²) in [6.45, 7) is 6.32. The van der Waals surface area contributed by atoms with Crippen molar-refractivity contribution in [2.45, 2.75) is 20.8 Å². The molecule has 0 atom stereocenters. The molecule has 0 aliphatic heterocycles.